The first kappa shape index (κ1) is 29.0. The summed E-state index contributed by atoms with van der Waals surface area (Å²) in [5.74, 6) is 2.78. The normalized spacial score (nSPS) is 19.8. The minimum absolute atomic E-state index is 0.00213. The van der Waals surface area contributed by atoms with Crippen LogP contribution >= 0.6 is 22.5 Å². The lowest BCUT2D eigenvalue weighted by Gasteiger charge is -2.49. The monoisotopic (exact) mass is 603 g/mol. The summed E-state index contributed by atoms with van der Waals surface area (Å²) in [6.45, 7) is 1.25. The van der Waals surface area contributed by atoms with Crippen molar-refractivity contribution in [2.24, 2.45) is 4.99 Å². The molecule has 10 nitrogen and oxygen atoms in total. The molecule has 42 heavy (non-hydrogen) atoms. The fourth-order valence-corrected chi connectivity index (χ4v) is 7.42. The quantitative estimate of drug-likeness (QED) is 0.0634. The van der Waals surface area contributed by atoms with Gasteiger partial charge in [0.2, 0.25) is 0 Å². The SMILES string of the molecule is C=S1CC(SOC(C)=O)=C(C(=O)OC(c2ccccc2)c2ccccc2)N2C(=O)[C@@H](N=Cc3ccc([N+](=O)[O-])cc3)[C@H]21. The third kappa shape index (κ3) is 6.04. The van der Waals surface area contributed by atoms with Crippen molar-refractivity contribution in [1.82, 2.24) is 4.90 Å². The van der Waals surface area contributed by atoms with Gasteiger partial charge in [-0.3, -0.25) is 29.6 Å². The summed E-state index contributed by atoms with van der Waals surface area (Å²) in [4.78, 5) is 55.6. The molecule has 1 saturated heterocycles. The molecule has 5 rings (SSSR count). The Morgan fingerprint density at radius 3 is 2.21 bits per heavy atom. The van der Waals surface area contributed by atoms with Gasteiger partial charge in [-0.25, -0.2) is 4.79 Å². The highest BCUT2D eigenvalue weighted by molar-refractivity contribution is 8.16. The van der Waals surface area contributed by atoms with Gasteiger partial charge in [-0.05, 0) is 28.8 Å². The van der Waals surface area contributed by atoms with E-state index in [1.165, 1.54) is 42.3 Å². The molecule has 12 heteroatoms. The van der Waals surface area contributed by atoms with Gasteiger partial charge in [-0.15, -0.1) is 0 Å². The molecule has 3 aromatic rings. The minimum atomic E-state index is -0.803. The highest BCUT2D eigenvalue weighted by atomic mass is 32.2. The van der Waals surface area contributed by atoms with E-state index in [-0.39, 0.29) is 17.1 Å². The molecule has 1 unspecified atom stereocenters. The van der Waals surface area contributed by atoms with E-state index in [0.717, 1.165) is 23.2 Å². The van der Waals surface area contributed by atoms with Crippen LogP contribution in [0.3, 0.4) is 0 Å². The van der Waals surface area contributed by atoms with Gasteiger partial charge in [0.1, 0.15) is 11.1 Å². The van der Waals surface area contributed by atoms with Crippen LogP contribution in [0.15, 0.2) is 101 Å². The predicted molar refractivity (Wildman–Crippen MR) is 162 cm³/mol. The molecule has 0 spiro atoms. The zero-order valence-corrected chi connectivity index (χ0v) is 24.0. The zero-order chi connectivity index (χ0) is 29.8. The maximum absolute atomic E-state index is 13.9. The lowest BCUT2D eigenvalue weighted by Crippen LogP contribution is -2.64. The number of ether oxygens (including phenoxy) is 1. The number of nitro groups is 1. The van der Waals surface area contributed by atoms with Gasteiger partial charge in [-0.2, -0.15) is 10.5 Å². The van der Waals surface area contributed by atoms with Gasteiger partial charge < -0.3 is 8.92 Å². The molecule has 0 aliphatic carbocycles. The number of carbonyl (C=O) groups is 3. The van der Waals surface area contributed by atoms with Crippen LogP contribution in [-0.4, -0.2) is 56.9 Å². The number of nitro benzene ring substituents is 1. The average molecular weight is 604 g/mol. The smallest absolute Gasteiger partial charge is 0.357 e. The molecule has 1 fully saturated rings. The van der Waals surface area contributed by atoms with Crippen LogP contribution in [0.1, 0.15) is 29.7 Å². The standard InChI is InChI=1S/C30H25N3O7S2/c1-19(34)40-41-24-18-42(2)29-25(31-17-20-13-15-23(16-14-20)33(37)38)28(35)32(29)26(24)30(36)39-27(21-9-5-3-6-10-21)22-11-7-4-8-12-22/h3-17,25,27,29H,2,18H2,1H3/t25-,29-,42?/m1/s1. The van der Waals surface area contributed by atoms with Crippen LogP contribution < -0.4 is 0 Å². The summed E-state index contributed by atoms with van der Waals surface area (Å²) < 4.78 is 11.2. The van der Waals surface area contributed by atoms with Crippen LogP contribution in [0.5, 0.6) is 0 Å². The van der Waals surface area contributed by atoms with E-state index >= 15 is 0 Å². The highest BCUT2D eigenvalue weighted by Crippen LogP contribution is 2.48. The number of β-lactam (4-membered cyclic amide) rings is 1. The first-order valence-corrected chi connectivity index (χ1v) is 15.1. The summed E-state index contributed by atoms with van der Waals surface area (Å²) in [6.07, 6.45) is 0.727. The third-order valence-electron chi connectivity index (χ3n) is 6.55. The van der Waals surface area contributed by atoms with E-state index in [4.69, 9.17) is 8.92 Å². The molecule has 1 amide bonds. The number of non-ortho nitro benzene ring substituents is 1. The van der Waals surface area contributed by atoms with Crippen LogP contribution in [-0.2, 0) is 23.3 Å². The Morgan fingerprint density at radius 2 is 1.67 bits per heavy atom. The lowest BCUT2D eigenvalue weighted by atomic mass is 10.0. The predicted octanol–water partition coefficient (Wildman–Crippen LogP) is 5.02. The Hall–Kier alpha value is -4.55. The van der Waals surface area contributed by atoms with E-state index in [1.54, 1.807) is 0 Å². The first-order chi connectivity index (χ1) is 20.2. The van der Waals surface area contributed by atoms with Gasteiger partial charge in [0, 0.05) is 31.0 Å². The van der Waals surface area contributed by atoms with E-state index in [0.29, 0.717) is 10.5 Å². The van der Waals surface area contributed by atoms with E-state index in [9.17, 15) is 24.5 Å². The topological polar surface area (TPSA) is 128 Å². The second-order valence-electron chi connectivity index (χ2n) is 9.39. The number of benzene rings is 3. The van der Waals surface area contributed by atoms with Crippen LogP contribution in [0, 0.1) is 10.1 Å². The van der Waals surface area contributed by atoms with Crippen LogP contribution in [0.4, 0.5) is 5.69 Å². The molecule has 0 N–H and O–H groups in total. The summed E-state index contributed by atoms with van der Waals surface area (Å²) in [6, 6.07) is 23.5. The third-order valence-corrected chi connectivity index (χ3v) is 9.40. The van der Waals surface area contributed by atoms with Crippen LogP contribution in [0.2, 0.25) is 0 Å². The number of fused-ring (bicyclic) bond motifs is 1. The summed E-state index contributed by atoms with van der Waals surface area (Å²) in [7, 11) is -0.689. The fraction of sp³-hybridized carbons (Fsp3) is 0.167. The highest BCUT2D eigenvalue weighted by Gasteiger charge is 2.55. The molecule has 3 aromatic carbocycles. The minimum Gasteiger partial charge on any atom is -0.448 e. The number of nitrogens with zero attached hydrogens (tertiary/aromatic N) is 3. The number of carbonyl (C=O) groups excluding carboxylic acids is 3. The Bertz CT molecular complexity index is 1570. The maximum Gasteiger partial charge on any atom is 0.357 e. The summed E-state index contributed by atoms with van der Waals surface area (Å²) in [5, 5.41) is 10.4. The molecule has 2 heterocycles. The molecule has 0 saturated carbocycles. The van der Waals surface area contributed by atoms with Gasteiger partial charge in [-0.1, -0.05) is 66.5 Å². The molecular weight excluding hydrogens is 578 g/mol. The Balaban J connectivity index is 1.45. The van der Waals surface area contributed by atoms with Crippen molar-refractivity contribution in [3.63, 3.8) is 0 Å². The van der Waals surface area contributed by atoms with E-state index in [2.05, 4.69) is 10.9 Å². The maximum atomic E-state index is 13.9. The van der Waals surface area contributed by atoms with Crippen molar-refractivity contribution in [2.45, 2.75) is 24.4 Å². The average Bonchev–Trinajstić information content (AvgIpc) is 2.99. The second-order valence-corrected chi connectivity index (χ2v) is 12.1. The summed E-state index contributed by atoms with van der Waals surface area (Å²) >= 11 is 0.730. The molecule has 0 bridgehead atoms. The lowest BCUT2D eigenvalue weighted by molar-refractivity contribution is -0.384. The number of hydrogen-bond acceptors (Lipinski definition) is 9. The van der Waals surface area contributed by atoms with Crippen molar-refractivity contribution < 1.29 is 28.2 Å². The number of esters is 1. The van der Waals surface area contributed by atoms with Gasteiger partial charge in [0.25, 0.3) is 11.6 Å². The van der Waals surface area contributed by atoms with Gasteiger partial charge in [0.15, 0.2) is 12.1 Å². The second kappa shape index (κ2) is 12.5. The molecule has 3 atom stereocenters. The number of hydrogen-bond donors (Lipinski definition) is 0. The van der Waals surface area contributed by atoms with Crippen molar-refractivity contribution in [3.05, 3.63) is 122 Å². The number of aliphatic imine (C=N–C) groups is 1. The van der Waals surface area contributed by atoms with Crippen molar-refractivity contribution in [1.29, 1.82) is 0 Å². The van der Waals surface area contributed by atoms with Gasteiger partial charge in [0.05, 0.1) is 21.9 Å². The number of rotatable bonds is 9. The van der Waals surface area contributed by atoms with E-state index in [1.807, 2.05) is 60.7 Å². The first-order valence-electron chi connectivity index (χ1n) is 12.7. The molecule has 0 radical (unpaired) electrons. The largest absolute Gasteiger partial charge is 0.448 e. The van der Waals surface area contributed by atoms with Crippen molar-refractivity contribution >= 4 is 58.1 Å². The summed E-state index contributed by atoms with van der Waals surface area (Å²) in [5.41, 5.74) is 2.03. The van der Waals surface area contributed by atoms with Gasteiger partial charge >= 0.3 is 11.9 Å². The Morgan fingerprint density at radius 1 is 1.07 bits per heavy atom. The van der Waals surface area contributed by atoms with Crippen molar-refractivity contribution in [2.75, 3.05) is 5.75 Å². The van der Waals surface area contributed by atoms with Crippen molar-refractivity contribution in [3.8, 4) is 0 Å². The van der Waals surface area contributed by atoms with Crippen LogP contribution in [0.25, 0.3) is 0 Å². The van der Waals surface area contributed by atoms with E-state index < -0.39 is 50.8 Å². The molecular formula is C30H25N3O7S2. The molecule has 2 aliphatic heterocycles. The fourth-order valence-electron chi connectivity index (χ4n) is 4.59. The zero-order valence-electron chi connectivity index (χ0n) is 22.3. The molecule has 0 aromatic heterocycles. The molecule has 2 aliphatic rings. The Kier molecular flexibility index (Phi) is 8.64. The Labute approximate surface area is 248 Å². The number of amides is 1. The molecule has 214 valence electrons.